The Morgan fingerprint density at radius 2 is 1.35 bits per heavy atom. The van der Waals surface area contributed by atoms with Gasteiger partial charge in [-0.3, -0.25) is 0 Å². The van der Waals surface area contributed by atoms with Crippen LogP contribution in [0.5, 0.6) is 0 Å². The molecule has 0 bridgehead atoms. The minimum atomic E-state index is 0.535. The lowest BCUT2D eigenvalue weighted by molar-refractivity contribution is -0.0443. The highest BCUT2D eigenvalue weighted by Crippen LogP contribution is 2.41. The first-order chi connectivity index (χ1) is 12.7. The molecule has 2 saturated carbocycles. The van der Waals surface area contributed by atoms with Crippen molar-refractivity contribution in [3.8, 4) is 0 Å². The number of hydrogen-bond donors (Lipinski definition) is 0. The van der Waals surface area contributed by atoms with Gasteiger partial charge in [0, 0.05) is 6.61 Å². The molecule has 154 valence electrons. The van der Waals surface area contributed by atoms with Gasteiger partial charge in [0.2, 0.25) is 0 Å². The summed E-state index contributed by atoms with van der Waals surface area (Å²) in [5.41, 5.74) is 0. The fourth-order valence-electron chi connectivity index (χ4n) is 5.74. The van der Waals surface area contributed by atoms with Crippen LogP contribution in [0, 0.1) is 29.6 Å². The first-order valence-corrected chi connectivity index (χ1v) is 12.3. The molecule has 4 atom stereocenters. The smallest absolute Gasteiger partial charge is 0.0603 e. The Hall–Kier alpha value is -0.0400. The van der Waals surface area contributed by atoms with E-state index in [0.29, 0.717) is 6.10 Å². The fourth-order valence-corrected chi connectivity index (χ4v) is 5.74. The third kappa shape index (κ3) is 7.17. The summed E-state index contributed by atoms with van der Waals surface area (Å²) in [6.07, 6.45) is 20.5. The second-order valence-electron chi connectivity index (χ2n) is 9.78. The van der Waals surface area contributed by atoms with Gasteiger partial charge in [0.05, 0.1) is 6.10 Å². The van der Waals surface area contributed by atoms with Crippen molar-refractivity contribution in [3.63, 3.8) is 0 Å². The molecule has 0 aromatic rings. The molecule has 4 unspecified atom stereocenters. The maximum Gasteiger partial charge on any atom is 0.0603 e. The van der Waals surface area contributed by atoms with Gasteiger partial charge in [-0.1, -0.05) is 91.9 Å². The van der Waals surface area contributed by atoms with E-state index in [4.69, 9.17) is 4.74 Å². The van der Waals surface area contributed by atoms with Gasteiger partial charge in [0.25, 0.3) is 0 Å². The molecule has 0 saturated heterocycles. The Balaban J connectivity index is 1.63. The standard InChI is InChI=1S/C25H48O/c1-5-7-8-9-19-26-25-18-17-24(20(3)21(25)4)16-15-23-13-11-22(10-6-2)12-14-23/h20-25H,5-19H2,1-4H3. The highest BCUT2D eigenvalue weighted by Gasteiger charge is 2.34. The summed E-state index contributed by atoms with van der Waals surface area (Å²) in [5, 5.41) is 0. The Kier molecular flexibility index (Phi) is 10.6. The number of rotatable bonds is 11. The molecule has 0 heterocycles. The predicted octanol–water partition coefficient (Wildman–Crippen LogP) is 8.02. The normalized spacial score (nSPS) is 35.5. The lowest BCUT2D eigenvalue weighted by Gasteiger charge is -2.40. The molecular formula is C25H48O. The van der Waals surface area contributed by atoms with Crippen LogP contribution in [0.2, 0.25) is 0 Å². The second kappa shape index (κ2) is 12.4. The molecule has 0 aromatic carbocycles. The van der Waals surface area contributed by atoms with Crippen LogP contribution in [-0.2, 0) is 4.74 Å². The van der Waals surface area contributed by atoms with Crippen LogP contribution in [0.15, 0.2) is 0 Å². The van der Waals surface area contributed by atoms with Gasteiger partial charge in [-0.05, 0) is 55.3 Å². The van der Waals surface area contributed by atoms with Gasteiger partial charge in [-0.2, -0.15) is 0 Å². The van der Waals surface area contributed by atoms with E-state index in [-0.39, 0.29) is 0 Å². The third-order valence-corrected chi connectivity index (χ3v) is 7.92. The zero-order valence-corrected chi connectivity index (χ0v) is 18.5. The summed E-state index contributed by atoms with van der Waals surface area (Å²) in [7, 11) is 0. The van der Waals surface area contributed by atoms with Gasteiger partial charge in [0.15, 0.2) is 0 Å². The number of ether oxygens (including phenoxy) is 1. The van der Waals surface area contributed by atoms with E-state index in [1.54, 1.807) is 0 Å². The van der Waals surface area contributed by atoms with Crippen LogP contribution in [0.25, 0.3) is 0 Å². The Morgan fingerprint density at radius 3 is 2.00 bits per heavy atom. The van der Waals surface area contributed by atoms with E-state index in [1.165, 1.54) is 89.9 Å². The average molecular weight is 365 g/mol. The van der Waals surface area contributed by atoms with Crippen molar-refractivity contribution in [1.82, 2.24) is 0 Å². The SMILES string of the molecule is CCCCCCOC1CCC(CCC2CCC(CCC)CC2)C(C)C1C. The third-order valence-electron chi connectivity index (χ3n) is 7.92. The van der Waals surface area contributed by atoms with Gasteiger partial charge in [0.1, 0.15) is 0 Å². The molecule has 0 aliphatic heterocycles. The maximum absolute atomic E-state index is 6.29. The average Bonchev–Trinajstić information content (AvgIpc) is 2.65. The molecule has 2 rings (SSSR count). The zero-order chi connectivity index (χ0) is 18.8. The number of unbranched alkanes of at least 4 members (excludes halogenated alkanes) is 3. The highest BCUT2D eigenvalue weighted by molar-refractivity contribution is 4.85. The number of hydrogen-bond acceptors (Lipinski definition) is 1. The van der Waals surface area contributed by atoms with E-state index < -0.39 is 0 Å². The van der Waals surface area contributed by atoms with Gasteiger partial charge < -0.3 is 4.74 Å². The van der Waals surface area contributed by atoms with Crippen molar-refractivity contribution < 1.29 is 4.74 Å². The van der Waals surface area contributed by atoms with Crippen molar-refractivity contribution in [2.75, 3.05) is 6.61 Å². The minimum Gasteiger partial charge on any atom is -0.378 e. The van der Waals surface area contributed by atoms with E-state index in [1.807, 2.05) is 0 Å². The summed E-state index contributed by atoms with van der Waals surface area (Å²) >= 11 is 0. The molecule has 1 heteroatoms. The summed E-state index contributed by atoms with van der Waals surface area (Å²) in [6, 6.07) is 0. The molecule has 0 spiro atoms. The maximum atomic E-state index is 6.29. The van der Waals surface area contributed by atoms with Gasteiger partial charge in [-0.15, -0.1) is 0 Å². The van der Waals surface area contributed by atoms with Crippen molar-refractivity contribution in [2.45, 2.75) is 124 Å². The Morgan fingerprint density at radius 1 is 0.654 bits per heavy atom. The first kappa shape index (κ1) is 22.3. The van der Waals surface area contributed by atoms with E-state index in [9.17, 15) is 0 Å². The van der Waals surface area contributed by atoms with Crippen LogP contribution < -0.4 is 0 Å². The molecule has 2 aliphatic rings. The molecule has 2 fully saturated rings. The molecule has 26 heavy (non-hydrogen) atoms. The monoisotopic (exact) mass is 364 g/mol. The quantitative estimate of drug-likeness (QED) is 0.337. The van der Waals surface area contributed by atoms with E-state index >= 15 is 0 Å². The molecule has 0 N–H and O–H groups in total. The zero-order valence-electron chi connectivity index (χ0n) is 18.5. The Labute approximate surface area is 165 Å². The fraction of sp³-hybridized carbons (Fsp3) is 1.00. The van der Waals surface area contributed by atoms with Crippen LogP contribution in [-0.4, -0.2) is 12.7 Å². The van der Waals surface area contributed by atoms with Crippen molar-refractivity contribution in [3.05, 3.63) is 0 Å². The molecule has 2 aliphatic carbocycles. The Bertz CT molecular complexity index is 344. The lowest BCUT2D eigenvalue weighted by atomic mass is 9.69. The van der Waals surface area contributed by atoms with Gasteiger partial charge in [-0.25, -0.2) is 0 Å². The highest BCUT2D eigenvalue weighted by atomic mass is 16.5. The van der Waals surface area contributed by atoms with Crippen molar-refractivity contribution in [2.24, 2.45) is 29.6 Å². The molecular weight excluding hydrogens is 316 g/mol. The summed E-state index contributed by atoms with van der Waals surface area (Å²) in [4.78, 5) is 0. The van der Waals surface area contributed by atoms with Crippen LogP contribution >= 0.6 is 0 Å². The van der Waals surface area contributed by atoms with Crippen LogP contribution in [0.1, 0.15) is 118 Å². The predicted molar refractivity (Wildman–Crippen MR) is 115 cm³/mol. The second-order valence-corrected chi connectivity index (χ2v) is 9.78. The largest absolute Gasteiger partial charge is 0.378 e. The van der Waals surface area contributed by atoms with E-state index in [2.05, 4.69) is 27.7 Å². The molecule has 0 amide bonds. The van der Waals surface area contributed by atoms with E-state index in [0.717, 1.165) is 36.2 Å². The van der Waals surface area contributed by atoms with Crippen molar-refractivity contribution in [1.29, 1.82) is 0 Å². The van der Waals surface area contributed by atoms with Crippen molar-refractivity contribution >= 4 is 0 Å². The minimum absolute atomic E-state index is 0.535. The summed E-state index contributed by atoms with van der Waals surface area (Å²) in [6.45, 7) is 10.6. The molecule has 0 aromatic heterocycles. The molecule has 1 nitrogen and oxygen atoms in total. The first-order valence-electron chi connectivity index (χ1n) is 12.3. The topological polar surface area (TPSA) is 9.23 Å². The lowest BCUT2D eigenvalue weighted by Crippen LogP contribution is -2.37. The van der Waals surface area contributed by atoms with Crippen LogP contribution in [0.4, 0.5) is 0 Å². The molecule has 0 radical (unpaired) electrons. The van der Waals surface area contributed by atoms with Crippen LogP contribution in [0.3, 0.4) is 0 Å². The summed E-state index contributed by atoms with van der Waals surface area (Å²) in [5.74, 6) is 4.65. The van der Waals surface area contributed by atoms with Gasteiger partial charge >= 0.3 is 0 Å². The summed E-state index contributed by atoms with van der Waals surface area (Å²) < 4.78 is 6.29.